The number of anilines is 1. The van der Waals surface area contributed by atoms with E-state index in [4.69, 9.17) is 15.1 Å². The van der Waals surface area contributed by atoms with Crippen molar-refractivity contribution in [3.63, 3.8) is 0 Å². The summed E-state index contributed by atoms with van der Waals surface area (Å²) in [5.74, 6) is -0.290. The van der Waals surface area contributed by atoms with Crippen LogP contribution < -0.4 is 4.90 Å². The van der Waals surface area contributed by atoms with Crippen LogP contribution >= 0.6 is 0 Å². The van der Waals surface area contributed by atoms with Gasteiger partial charge in [0.05, 0.1) is 24.7 Å². The summed E-state index contributed by atoms with van der Waals surface area (Å²) in [7, 11) is 0. The molecule has 1 aliphatic heterocycles. The molecule has 6 nitrogen and oxygen atoms in total. The lowest BCUT2D eigenvalue weighted by atomic mass is 10.2. The molecule has 1 aromatic heterocycles. The minimum absolute atomic E-state index is 0.0365. The summed E-state index contributed by atoms with van der Waals surface area (Å²) in [6.45, 7) is 1.50. The van der Waals surface area contributed by atoms with E-state index in [9.17, 15) is 4.79 Å². The number of carboxylic acids is 1. The lowest BCUT2D eigenvalue weighted by molar-refractivity contribution is -0.140. The minimum Gasteiger partial charge on any atom is -0.481 e. The molecular formula is C12H13N3O3. The molecule has 0 aromatic carbocycles. The molecule has 1 unspecified atom stereocenters. The highest BCUT2D eigenvalue weighted by Crippen LogP contribution is 2.20. The maximum atomic E-state index is 10.7. The lowest BCUT2D eigenvalue weighted by Gasteiger charge is -2.33. The van der Waals surface area contributed by atoms with Crippen molar-refractivity contribution >= 4 is 11.8 Å². The van der Waals surface area contributed by atoms with Gasteiger partial charge in [-0.3, -0.25) is 4.79 Å². The molecule has 6 heteroatoms. The maximum absolute atomic E-state index is 10.7. The summed E-state index contributed by atoms with van der Waals surface area (Å²) in [6, 6.07) is 5.49. The third-order valence-corrected chi connectivity index (χ3v) is 2.75. The average Bonchev–Trinajstić information content (AvgIpc) is 2.38. The third kappa shape index (κ3) is 2.76. The van der Waals surface area contributed by atoms with E-state index < -0.39 is 5.97 Å². The van der Waals surface area contributed by atoms with Gasteiger partial charge in [0.2, 0.25) is 0 Å². The Hall–Kier alpha value is -2.13. The maximum Gasteiger partial charge on any atom is 0.306 e. The van der Waals surface area contributed by atoms with E-state index in [0.717, 1.165) is 0 Å². The Kier molecular flexibility index (Phi) is 3.75. The van der Waals surface area contributed by atoms with Crippen LogP contribution in [0.15, 0.2) is 18.3 Å². The molecule has 0 saturated carbocycles. The molecule has 0 spiro atoms. The number of hydrogen-bond acceptors (Lipinski definition) is 5. The van der Waals surface area contributed by atoms with Crippen molar-refractivity contribution in [1.82, 2.24) is 4.98 Å². The molecule has 1 atom stereocenters. The van der Waals surface area contributed by atoms with Gasteiger partial charge in [0, 0.05) is 19.3 Å². The standard InChI is InChI=1S/C12H13N3O3/c13-7-9-2-1-3-14-12(9)15-4-5-18-10(8-15)6-11(16)17/h1-3,10H,4-6,8H2,(H,16,17). The number of rotatable bonds is 3. The van der Waals surface area contributed by atoms with Crippen LogP contribution in [-0.2, 0) is 9.53 Å². The Bertz CT molecular complexity index is 484. The predicted molar refractivity (Wildman–Crippen MR) is 63.2 cm³/mol. The first-order valence-corrected chi connectivity index (χ1v) is 5.64. The highest BCUT2D eigenvalue weighted by molar-refractivity contribution is 5.67. The summed E-state index contributed by atoms with van der Waals surface area (Å²) in [6.07, 6.45) is 1.23. The molecule has 1 aliphatic rings. The van der Waals surface area contributed by atoms with Crippen molar-refractivity contribution in [1.29, 1.82) is 5.26 Å². The van der Waals surface area contributed by atoms with Crippen LogP contribution in [0.2, 0.25) is 0 Å². The van der Waals surface area contributed by atoms with Gasteiger partial charge >= 0.3 is 5.97 Å². The first-order chi connectivity index (χ1) is 8.70. The number of carbonyl (C=O) groups is 1. The molecule has 1 fully saturated rings. The molecule has 18 heavy (non-hydrogen) atoms. The van der Waals surface area contributed by atoms with Crippen LogP contribution in [0.5, 0.6) is 0 Å². The van der Waals surface area contributed by atoms with E-state index in [1.807, 2.05) is 4.90 Å². The van der Waals surface area contributed by atoms with Crippen molar-refractivity contribution in [2.75, 3.05) is 24.6 Å². The van der Waals surface area contributed by atoms with E-state index in [2.05, 4.69) is 11.1 Å². The Morgan fingerprint density at radius 1 is 1.72 bits per heavy atom. The molecule has 0 aliphatic carbocycles. The first kappa shape index (κ1) is 12.3. The zero-order valence-electron chi connectivity index (χ0n) is 9.74. The summed E-state index contributed by atoms with van der Waals surface area (Å²) < 4.78 is 5.38. The van der Waals surface area contributed by atoms with Gasteiger partial charge in [0.15, 0.2) is 0 Å². The summed E-state index contributed by atoms with van der Waals surface area (Å²) >= 11 is 0. The second kappa shape index (κ2) is 5.47. The van der Waals surface area contributed by atoms with Gasteiger partial charge in [-0.25, -0.2) is 4.98 Å². The zero-order chi connectivity index (χ0) is 13.0. The number of nitriles is 1. The first-order valence-electron chi connectivity index (χ1n) is 5.64. The van der Waals surface area contributed by atoms with Crippen molar-refractivity contribution in [3.05, 3.63) is 23.9 Å². The third-order valence-electron chi connectivity index (χ3n) is 2.75. The lowest BCUT2D eigenvalue weighted by Crippen LogP contribution is -2.44. The van der Waals surface area contributed by atoms with Gasteiger partial charge in [-0.2, -0.15) is 5.26 Å². The number of hydrogen-bond donors (Lipinski definition) is 1. The van der Waals surface area contributed by atoms with Crippen LogP contribution in [0.4, 0.5) is 5.82 Å². The fourth-order valence-electron chi connectivity index (χ4n) is 1.97. The van der Waals surface area contributed by atoms with E-state index in [0.29, 0.717) is 31.1 Å². The van der Waals surface area contributed by atoms with Crippen LogP contribution in [0.3, 0.4) is 0 Å². The van der Waals surface area contributed by atoms with E-state index in [1.165, 1.54) is 0 Å². The van der Waals surface area contributed by atoms with Gasteiger partial charge in [-0.15, -0.1) is 0 Å². The Balaban J connectivity index is 2.13. The molecule has 2 rings (SSSR count). The Morgan fingerprint density at radius 3 is 3.28 bits per heavy atom. The smallest absolute Gasteiger partial charge is 0.306 e. The van der Waals surface area contributed by atoms with Crippen LogP contribution in [0.1, 0.15) is 12.0 Å². The van der Waals surface area contributed by atoms with E-state index in [-0.39, 0.29) is 12.5 Å². The van der Waals surface area contributed by atoms with Gasteiger partial charge in [0.25, 0.3) is 0 Å². The highest BCUT2D eigenvalue weighted by Gasteiger charge is 2.24. The molecule has 0 amide bonds. The summed E-state index contributed by atoms with van der Waals surface area (Å²) in [5, 5.41) is 17.8. The second-order valence-electron chi connectivity index (χ2n) is 4.02. The SMILES string of the molecule is N#Cc1cccnc1N1CCOC(CC(=O)O)C1. The van der Waals surface area contributed by atoms with Crippen LogP contribution in [0.25, 0.3) is 0 Å². The number of carboxylic acid groups (broad SMARTS) is 1. The summed E-state index contributed by atoms with van der Waals surface area (Å²) in [4.78, 5) is 16.8. The number of ether oxygens (including phenoxy) is 1. The van der Waals surface area contributed by atoms with Gasteiger partial charge in [0.1, 0.15) is 11.9 Å². The average molecular weight is 247 g/mol. The van der Waals surface area contributed by atoms with Gasteiger partial charge < -0.3 is 14.7 Å². The number of nitrogens with zero attached hydrogens (tertiary/aromatic N) is 3. The predicted octanol–water partition coefficient (Wildman–Crippen LogP) is 0.633. The minimum atomic E-state index is -0.886. The fourth-order valence-corrected chi connectivity index (χ4v) is 1.97. The van der Waals surface area contributed by atoms with Crippen molar-refractivity contribution < 1.29 is 14.6 Å². The largest absolute Gasteiger partial charge is 0.481 e. The number of aliphatic carboxylic acids is 1. The van der Waals surface area contributed by atoms with Crippen LogP contribution in [0, 0.1) is 11.3 Å². The van der Waals surface area contributed by atoms with Crippen molar-refractivity contribution in [3.8, 4) is 6.07 Å². The Labute approximate surface area is 104 Å². The summed E-state index contributed by atoms with van der Waals surface area (Å²) in [5.41, 5.74) is 0.494. The quantitative estimate of drug-likeness (QED) is 0.843. The molecule has 94 valence electrons. The highest BCUT2D eigenvalue weighted by atomic mass is 16.5. The van der Waals surface area contributed by atoms with Gasteiger partial charge in [-0.1, -0.05) is 0 Å². The number of pyridine rings is 1. The Morgan fingerprint density at radius 2 is 2.56 bits per heavy atom. The van der Waals surface area contributed by atoms with Gasteiger partial charge in [-0.05, 0) is 12.1 Å². The molecule has 0 bridgehead atoms. The van der Waals surface area contributed by atoms with Crippen molar-refractivity contribution in [2.24, 2.45) is 0 Å². The van der Waals surface area contributed by atoms with E-state index in [1.54, 1.807) is 18.3 Å². The molecule has 1 saturated heterocycles. The molecule has 1 aromatic rings. The number of aromatic nitrogens is 1. The number of morpholine rings is 1. The normalized spacial score (nSPS) is 19.3. The molecule has 0 radical (unpaired) electrons. The fraction of sp³-hybridized carbons (Fsp3) is 0.417. The van der Waals surface area contributed by atoms with Crippen LogP contribution in [-0.4, -0.2) is 41.9 Å². The molecule has 1 N–H and O–H groups in total. The topological polar surface area (TPSA) is 86.5 Å². The zero-order valence-corrected chi connectivity index (χ0v) is 9.74. The monoisotopic (exact) mass is 247 g/mol. The second-order valence-corrected chi connectivity index (χ2v) is 4.02. The molecular weight excluding hydrogens is 234 g/mol. The van der Waals surface area contributed by atoms with E-state index >= 15 is 0 Å². The van der Waals surface area contributed by atoms with Crippen molar-refractivity contribution in [2.45, 2.75) is 12.5 Å². The molecule has 2 heterocycles.